The fraction of sp³-hybridized carbons (Fsp3) is 0.182. The highest BCUT2D eigenvalue weighted by molar-refractivity contribution is 6.34. The van der Waals surface area contributed by atoms with Crippen LogP contribution in [0.25, 0.3) is 11.3 Å². The van der Waals surface area contributed by atoms with Gasteiger partial charge in [0.1, 0.15) is 5.82 Å². The van der Waals surface area contributed by atoms with Crippen LogP contribution in [0.5, 0.6) is 0 Å². The van der Waals surface area contributed by atoms with Crippen molar-refractivity contribution in [2.75, 3.05) is 24.6 Å². The number of aryl methyl sites for hydroxylation is 1. The number of hydrogen-bond donors (Lipinski definition) is 3. The van der Waals surface area contributed by atoms with Crippen LogP contribution in [0.3, 0.4) is 0 Å². The first-order chi connectivity index (χ1) is 14.5. The fourth-order valence-corrected chi connectivity index (χ4v) is 3.58. The van der Waals surface area contributed by atoms with E-state index < -0.39 is 0 Å². The number of amides is 1. The van der Waals surface area contributed by atoms with Gasteiger partial charge in [0.25, 0.3) is 5.91 Å². The molecule has 3 aromatic rings. The van der Waals surface area contributed by atoms with Gasteiger partial charge in [0.15, 0.2) is 0 Å². The summed E-state index contributed by atoms with van der Waals surface area (Å²) in [5, 5.41) is 6.12. The van der Waals surface area contributed by atoms with Gasteiger partial charge in [0, 0.05) is 30.9 Å². The summed E-state index contributed by atoms with van der Waals surface area (Å²) in [5.74, 6) is 7.12. The molecule has 4 rings (SSSR count). The highest BCUT2D eigenvalue weighted by atomic mass is 35.5. The Labute approximate surface area is 179 Å². The van der Waals surface area contributed by atoms with Gasteiger partial charge in [0.05, 0.1) is 27.5 Å². The van der Waals surface area contributed by atoms with E-state index >= 15 is 0 Å². The quantitative estimate of drug-likeness (QED) is 0.552. The van der Waals surface area contributed by atoms with Crippen molar-refractivity contribution < 1.29 is 4.79 Å². The molecule has 4 N–H and O–H groups in total. The van der Waals surface area contributed by atoms with Crippen LogP contribution in [0.1, 0.15) is 32.7 Å². The molecule has 0 unspecified atom stereocenters. The van der Waals surface area contributed by atoms with Crippen molar-refractivity contribution in [3.05, 3.63) is 63.4 Å². The maximum atomic E-state index is 11.9. The minimum absolute atomic E-state index is 0.143. The van der Waals surface area contributed by atoms with Crippen LogP contribution in [0.15, 0.2) is 30.5 Å². The minimum atomic E-state index is -0.261. The van der Waals surface area contributed by atoms with Crippen molar-refractivity contribution in [3.8, 4) is 23.1 Å². The van der Waals surface area contributed by atoms with Gasteiger partial charge in [-0.3, -0.25) is 4.79 Å². The summed E-state index contributed by atoms with van der Waals surface area (Å²) in [6.07, 6.45) is 2.68. The topological polar surface area (TPSA) is 106 Å². The van der Waals surface area contributed by atoms with Crippen LogP contribution in [-0.4, -0.2) is 34.5 Å². The third kappa shape index (κ3) is 3.78. The van der Waals surface area contributed by atoms with E-state index in [1.807, 2.05) is 13.0 Å². The zero-order chi connectivity index (χ0) is 21.3. The number of fused-ring (bicyclic) bond motifs is 1. The lowest BCUT2D eigenvalue weighted by atomic mass is 10.0. The second-order valence-electron chi connectivity index (χ2n) is 6.82. The Kier molecular flexibility index (Phi) is 5.25. The molecule has 30 heavy (non-hydrogen) atoms. The average molecular weight is 419 g/mol. The summed E-state index contributed by atoms with van der Waals surface area (Å²) >= 11 is 6.33. The molecule has 3 heterocycles. The van der Waals surface area contributed by atoms with Gasteiger partial charge in [0.2, 0.25) is 5.95 Å². The Hall–Kier alpha value is -3.63. The van der Waals surface area contributed by atoms with E-state index in [1.54, 1.807) is 31.4 Å². The minimum Gasteiger partial charge on any atom is -0.370 e. The van der Waals surface area contributed by atoms with E-state index in [0.29, 0.717) is 33.1 Å². The number of rotatable bonds is 2. The first kappa shape index (κ1) is 19.7. The molecule has 0 saturated heterocycles. The van der Waals surface area contributed by atoms with Gasteiger partial charge in [-0.25, -0.2) is 15.0 Å². The number of nitrogens with two attached hydrogens (primary N) is 1. The Morgan fingerprint density at radius 2 is 2.10 bits per heavy atom. The van der Waals surface area contributed by atoms with Gasteiger partial charge in [-0.05, 0) is 37.1 Å². The molecule has 1 aliphatic rings. The monoisotopic (exact) mass is 418 g/mol. The largest absolute Gasteiger partial charge is 0.370 e. The summed E-state index contributed by atoms with van der Waals surface area (Å²) in [6.45, 7) is 2.72. The lowest BCUT2D eigenvalue weighted by Crippen LogP contribution is -2.18. The van der Waals surface area contributed by atoms with Crippen molar-refractivity contribution in [3.63, 3.8) is 0 Å². The van der Waals surface area contributed by atoms with Crippen molar-refractivity contribution >= 4 is 29.3 Å². The van der Waals surface area contributed by atoms with E-state index in [2.05, 4.69) is 37.4 Å². The number of nitrogen functional groups attached to an aromatic ring is 1. The molecule has 150 valence electrons. The van der Waals surface area contributed by atoms with Crippen molar-refractivity contribution in [1.82, 2.24) is 20.3 Å². The normalized spacial score (nSPS) is 11.8. The molecule has 1 amide bonds. The maximum Gasteiger partial charge on any atom is 0.252 e. The molecule has 0 aliphatic carbocycles. The molecule has 1 aliphatic heterocycles. The highest BCUT2D eigenvalue weighted by Gasteiger charge is 2.15. The molecular formula is C22H19ClN6O. The fourth-order valence-electron chi connectivity index (χ4n) is 3.31. The number of nitrogens with one attached hydrogen (secondary N) is 2. The number of carbonyl (C=O) groups is 1. The number of aromatic nitrogens is 3. The second-order valence-corrected chi connectivity index (χ2v) is 7.23. The molecule has 0 atom stereocenters. The van der Waals surface area contributed by atoms with Crippen molar-refractivity contribution in [2.45, 2.75) is 13.3 Å². The number of benzene rings is 1. The molecule has 7 nitrogen and oxygen atoms in total. The van der Waals surface area contributed by atoms with Crippen LogP contribution in [0.2, 0.25) is 5.02 Å². The SMILES string of the molecule is CNC(=O)c1ccc(-c2nc(N)nc(C)c2C#Cc2cnc3c(c2)CCN3)cc1Cl. The van der Waals surface area contributed by atoms with Crippen LogP contribution in [-0.2, 0) is 6.42 Å². The average Bonchev–Trinajstić information content (AvgIpc) is 3.20. The van der Waals surface area contributed by atoms with E-state index in [1.165, 1.54) is 0 Å². The molecule has 2 aromatic heterocycles. The third-order valence-corrected chi connectivity index (χ3v) is 5.12. The van der Waals surface area contributed by atoms with Gasteiger partial charge < -0.3 is 16.4 Å². The molecule has 1 aromatic carbocycles. The van der Waals surface area contributed by atoms with Gasteiger partial charge in [-0.2, -0.15) is 0 Å². The number of pyridine rings is 1. The first-order valence-electron chi connectivity index (χ1n) is 9.37. The molecule has 0 radical (unpaired) electrons. The van der Waals surface area contributed by atoms with E-state index in [0.717, 1.165) is 29.9 Å². The Balaban J connectivity index is 1.78. The first-order valence-corrected chi connectivity index (χ1v) is 9.75. The third-order valence-electron chi connectivity index (χ3n) is 4.81. The van der Waals surface area contributed by atoms with E-state index in [-0.39, 0.29) is 11.9 Å². The Bertz CT molecular complexity index is 1230. The van der Waals surface area contributed by atoms with Gasteiger partial charge in [-0.15, -0.1) is 0 Å². The number of nitrogens with zero attached hydrogens (tertiary/aromatic N) is 3. The van der Waals surface area contributed by atoms with Gasteiger partial charge in [-0.1, -0.05) is 29.5 Å². The molecule has 0 fully saturated rings. The number of hydrogen-bond acceptors (Lipinski definition) is 6. The van der Waals surface area contributed by atoms with Crippen LogP contribution in [0, 0.1) is 18.8 Å². The standard InChI is InChI=1S/C22H19ClN6O/c1-12-16(5-3-13-9-15-7-8-26-20(15)27-11-13)19(29-22(24)28-12)14-4-6-17(18(23)10-14)21(30)25-2/h4,6,9-11H,7-8H2,1-2H3,(H,25,30)(H,26,27)(H2,24,28,29). The van der Waals surface area contributed by atoms with Crippen LogP contribution in [0.4, 0.5) is 11.8 Å². The molecular weight excluding hydrogens is 400 g/mol. The predicted molar refractivity (Wildman–Crippen MR) is 117 cm³/mol. The summed E-state index contributed by atoms with van der Waals surface area (Å²) in [4.78, 5) is 25.0. The summed E-state index contributed by atoms with van der Waals surface area (Å²) in [7, 11) is 1.55. The summed E-state index contributed by atoms with van der Waals surface area (Å²) in [5.41, 5.74) is 10.8. The van der Waals surface area contributed by atoms with Crippen molar-refractivity contribution in [1.29, 1.82) is 0 Å². The Morgan fingerprint density at radius 3 is 2.87 bits per heavy atom. The number of carbonyl (C=O) groups excluding carboxylic acids is 1. The van der Waals surface area contributed by atoms with Crippen LogP contribution >= 0.6 is 11.6 Å². The zero-order valence-corrected chi connectivity index (χ0v) is 17.3. The summed E-state index contributed by atoms with van der Waals surface area (Å²) < 4.78 is 0. The molecule has 0 saturated carbocycles. The van der Waals surface area contributed by atoms with E-state index in [4.69, 9.17) is 17.3 Å². The summed E-state index contributed by atoms with van der Waals surface area (Å²) in [6, 6.07) is 7.14. The second kappa shape index (κ2) is 8.01. The predicted octanol–water partition coefficient (Wildman–Crippen LogP) is 2.81. The lowest BCUT2D eigenvalue weighted by Gasteiger charge is -2.10. The Morgan fingerprint density at radius 1 is 1.27 bits per heavy atom. The lowest BCUT2D eigenvalue weighted by molar-refractivity contribution is 0.0963. The molecule has 0 spiro atoms. The van der Waals surface area contributed by atoms with Gasteiger partial charge >= 0.3 is 0 Å². The smallest absolute Gasteiger partial charge is 0.252 e. The van der Waals surface area contributed by atoms with Crippen molar-refractivity contribution in [2.24, 2.45) is 0 Å². The molecule has 0 bridgehead atoms. The maximum absolute atomic E-state index is 11.9. The number of halogens is 1. The van der Waals surface area contributed by atoms with E-state index in [9.17, 15) is 4.79 Å². The zero-order valence-electron chi connectivity index (χ0n) is 16.5. The highest BCUT2D eigenvalue weighted by Crippen LogP contribution is 2.28. The molecule has 8 heteroatoms. The number of anilines is 2. The van der Waals surface area contributed by atoms with Crippen LogP contribution < -0.4 is 16.4 Å².